The summed E-state index contributed by atoms with van der Waals surface area (Å²) < 4.78 is 7.39. The number of hydrogen-bond acceptors (Lipinski definition) is 5. The van der Waals surface area contributed by atoms with Crippen molar-refractivity contribution >= 4 is 23.4 Å². The SMILES string of the molecule is COc1cccc(NC(=O)C(Sc2nnc(C3CC3)n2-c2ccccc2)c2ccccc2)c1. The van der Waals surface area contributed by atoms with E-state index in [1.54, 1.807) is 7.11 Å². The van der Waals surface area contributed by atoms with Crippen molar-refractivity contribution in [3.63, 3.8) is 0 Å². The lowest BCUT2D eigenvalue weighted by molar-refractivity contribution is -0.115. The van der Waals surface area contributed by atoms with E-state index in [2.05, 4.69) is 20.1 Å². The predicted molar refractivity (Wildman–Crippen MR) is 130 cm³/mol. The number of thioether (sulfide) groups is 1. The van der Waals surface area contributed by atoms with Crippen molar-refractivity contribution in [2.75, 3.05) is 12.4 Å². The maximum atomic E-state index is 13.5. The maximum absolute atomic E-state index is 13.5. The molecule has 0 radical (unpaired) electrons. The number of carbonyl (C=O) groups is 1. The van der Waals surface area contributed by atoms with E-state index < -0.39 is 5.25 Å². The van der Waals surface area contributed by atoms with Gasteiger partial charge in [-0.2, -0.15) is 0 Å². The molecular formula is C26H24N4O2S. The lowest BCUT2D eigenvalue weighted by atomic mass is 10.1. The van der Waals surface area contributed by atoms with Crippen LogP contribution in [-0.2, 0) is 4.79 Å². The number of hydrogen-bond donors (Lipinski definition) is 1. The highest BCUT2D eigenvalue weighted by Gasteiger charge is 2.33. The van der Waals surface area contributed by atoms with Crippen molar-refractivity contribution in [3.8, 4) is 11.4 Å². The van der Waals surface area contributed by atoms with Gasteiger partial charge in [0.1, 0.15) is 16.8 Å². The normalized spacial score (nSPS) is 14.0. The largest absolute Gasteiger partial charge is 0.497 e. The maximum Gasteiger partial charge on any atom is 0.242 e. The summed E-state index contributed by atoms with van der Waals surface area (Å²) in [7, 11) is 1.61. The Morgan fingerprint density at radius 2 is 1.73 bits per heavy atom. The second-order valence-corrected chi connectivity index (χ2v) is 8.99. The molecule has 1 amide bonds. The molecular weight excluding hydrogens is 432 g/mol. The lowest BCUT2D eigenvalue weighted by Gasteiger charge is -2.18. The number of anilines is 1. The Bertz CT molecular complexity index is 1240. The van der Waals surface area contributed by atoms with Gasteiger partial charge in [-0.25, -0.2) is 0 Å². The van der Waals surface area contributed by atoms with Crippen molar-refractivity contribution in [3.05, 3.63) is 96.3 Å². The zero-order valence-corrected chi connectivity index (χ0v) is 19.0. The average molecular weight is 457 g/mol. The van der Waals surface area contributed by atoms with Crippen molar-refractivity contribution < 1.29 is 9.53 Å². The summed E-state index contributed by atoms with van der Waals surface area (Å²) in [5.74, 6) is 1.95. The van der Waals surface area contributed by atoms with Crippen molar-refractivity contribution in [2.24, 2.45) is 0 Å². The summed E-state index contributed by atoms with van der Waals surface area (Å²) >= 11 is 1.41. The first-order valence-electron chi connectivity index (χ1n) is 10.9. The summed E-state index contributed by atoms with van der Waals surface area (Å²) in [5, 5.41) is 12.3. The number of amides is 1. The zero-order valence-electron chi connectivity index (χ0n) is 18.2. The Hall–Kier alpha value is -3.58. The number of nitrogens with one attached hydrogen (secondary N) is 1. The van der Waals surface area contributed by atoms with E-state index >= 15 is 0 Å². The molecule has 33 heavy (non-hydrogen) atoms. The topological polar surface area (TPSA) is 69.0 Å². The molecule has 1 unspecified atom stereocenters. The quantitative estimate of drug-likeness (QED) is 0.348. The van der Waals surface area contributed by atoms with Gasteiger partial charge in [-0.05, 0) is 42.7 Å². The van der Waals surface area contributed by atoms with Crippen LogP contribution in [0.3, 0.4) is 0 Å². The highest BCUT2D eigenvalue weighted by Crippen LogP contribution is 2.43. The van der Waals surface area contributed by atoms with Crippen LogP contribution in [0.5, 0.6) is 5.75 Å². The number of methoxy groups -OCH3 is 1. The van der Waals surface area contributed by atoms with Crippen molar-refractivity contribution in [2.45, 2.75) is 29.2 Å². The van der Waals surface area contributed by atoms with E-state index in [0.29, 0.717) is 22.5 Å². The first-order chi connectivity index (χ1) is 16.2. The van der Waals surface area contributed by atoms with Crippen molar-refractivity contribution in [1.29, 1.82) is 0 Å². The molecule has 0 spiro atoms. The Labute approximate surface area is 197 Å². The molecule has 1 aliphatic rings. The Morgan fingerprint density at radius 3 is 2.42 bits per heavy atom. The number of aromatic nitrogens is 3. The molecule has 5 rings (SSSR count). The molecule has 166 valence electrons. The molecule has 7 heteroatoms. The molecule has 1 heterocycles. The van der Waals surface area contributed by atoms with Crippen LogP contribution in [0.25, 0.3) is 5.69 Å². The summed E-state index contributed by atoms with van der Waals surface area (Å²) in [4.78, 5) is 13.5. The zero-order chi connectivity index (χ0) is 22.6. The van der Waals surface area contributed by atoms with Crippen LogP contribution in [-0.4, -0.2) is 27.8 Å². The van der Waals surface area contributed by atoms with Gasteiger partial charge in [-0.1, -0.05) is 66.4 Å². The molecule has 0 aliphatic heterocycles. The minimum Gasteiger partial charge on any atom is -0.497 e. The average Bonchev–Trinajstić information content (AvgIpc) is 3.63. The fraction of sp³-hybridized carbons (Fsp3) is 0.192. The molecule has 0 saturated heterocycles. The third-order valence-electron chi connectivity index (χ3n) is 5.52. The second kappa shape index (κ2) is 9.50. The van der Waals surface area contributed by atoms with E-state index in [-0.39, 0.29) is 5.91 Å². The molecule has 4 aromatic rings. The highest BCUT2D eigenvalue weighted by atomic mass is 32.2. The number of ether oxygens (including phenoxy) is 1. The molecule has 1 saturated carbocycles. The van der Waals surface area contributed by atoms with E-state index in [1.165, 1.54) is 11.8 Å². The Morgan fingerprint density at radius 1 is 1.00 bits per heavy atom. The molecule has 1 aromatic heterocycles. The second-order valence-electron chi connectivity index (χ2n) is 7.92. The molecule has 1 aliphatic carbocycles. The van der Waals surface area contributed by atoms with E-state index in [4.69, 9.17) is 4.74 Å². The fourth-order valence-electron chi connectivity index (χ4n) is 3.70. The molecule has 1 N–H and O–H groups in total. The van der Waals surface area contributed by atoms with E-state index in [0.717, 1.165) is 29.9 Å². The number of nitrogens with zero attached hydrogens (tertiary/aromatic N) is 3. The first kappa shape index (κ1) is 21.3. The summed E-state index contributed by atoms with van der Waals surface area (Å²) in [6.07, 6.45) is 2.24. The van der Waals surface area contributed by atoms with Crippen LogP contribution < -0.4 is 10.1 Å². The van der Waals surface area contributed by atoms with Crippen LogP contribution in [0.1, 0.15) is 35.4 Å². The minimum atomic E-state index is -0.504. The van der Waals surface area contributed by atoms with Gasteiger partial charge in [0, 0.05) is 23.4 Å². The van der Waals surface area contributed by atoms with Crippen LogP contribution >= 0.6 is 11.8 Å². The monoisotopic (exact) mass is 456 g/mol. The first-order valence-corrected chi connectivity index (χ1v) is 11.8. The van der Waals surface area contributed by atoms with Gasteiger partial charge in [-0.3, -0.25) is 9.36 Å². The van der Waals surface area contributed by atoms with Crippen molar-refractivity contribution in [1.82, 2.24) is 14.8 Å². The third-order valence-corrected chi connectivity index (χ3v) is 6.71. The Kier molecular flexibility index (Phi) is 6.13. The third kappa shape index (κ3) is 4.78. The van der Waals surface area contributed by atoms with Gasteiger partial charge in [0.05, 0.1) is 7.11 Å². The van der Waals surface area contributed by atoms with Crippen LogP contribution in [0.2, 0.25) is 0 Å². The van der Waals surface area contributed by atoms with Crippen LogP contribution in [0.4, 0.5) is 5.69 Å². The molecule has 1 fully saturated rings. The minimum absolute atomic E-state index is 0.130. The van der Waals surface area contributed by atoms with E-state index in [1.807, 2.05) is 84.9 Å². The smallest absolute Gasteiger partial charge is 0.242 e. The molecule has 1 atom stereocenters. The van der Waals surface area contributed by atoms with Gasteiger partial charge in [-0.15, -0.1) is 10.2 Å². The predicted octanol–water partition coefficient (Wildman–Crippen LogP) is 5.63. The van der Waals surface area contributed by atoms with Gasteiger partial charge in [0.25, 0.3) is 0 Å². The van der Waals surface area contributed by atoms with Gasteiger partial charge in [0.15, 0.2) is 5.16 Å². The van der Waals surface area contributed by atoms with E-state index in [9.17, 15) is 4.79 Å². The van der Waals surface area contributed by atoms with Crippen LogP contribution in [0, 0.1) is 0 Å². The summed E-state index contributed by atoms with van der Waals surface area (Å²) in [5.41, 5.74) is 2.59. The number of para-hydroxylation sites is 1. The molecule has 6 nitrogen and oxygen atoms in total. The Balaban J connectivity index is 1.49. The van der Waals surface area contributed by atoms with Gasteiger partial charge in [0.2, 0.25) is 5.91 Å². The standard InChI is InChI=1S/C26H24N4O2S/c1-32-22-14-8-11-20(17-22)27-25(31)23(18-9-4-2-5-10-18)33-26-29-28-24(19-15-16-19)30(26)21-12-6-3-7-13-21/h2-14,17,19,23H,15-16H2,1H3,(H,27,31). The molecule has 0 bridgehead atoms. The van der Waals surface area contributed by atoms with Gasteiger partial charge >= 0.3 is 0 Å². The highest BCUT2D eigenvalue weighted by molar-refractivity contribution is 8.00. The lowest BCUT2D eigenvalue weighted by Crippen LogP contribution is -2.19. The summed E-state index contributed by atoms with van der Waals surface area (Å²) in [6.45, 7) is 0. The summed E-state index contributed by atoms with van der Waals surface area (Å²) in [6, 6.07) is 27.2. The van der Waals surface area contributed by atoms with Gasteiger partial charge < -0.3 is 10.1 Å². The number of rotatable bonds is 8. The number of benzene rings is 3. The van der Waals surface area contributed by atoms with Crippen LogP contribution in [0.15, 0.2) is 90.1 Å². The fourth-order valence-corrected chi connectivity index (χ4v) is 4.76. The number of carbonyl (C=O) groups excluding carboxylic acids is 1. The molecule has 3 aromatic carbocycles.